The number of alkyl carbamates (subject to hydrolysis) is 1. The summed E-state index contributed by atoms with van der Waals surface area (Å²) in [5.74, 6) is -1.20. The van der Waals surface area contributed by atoms with Gasteiger partial charge >= 0.3 is 6.09 Å². The summed E-state index contributed by atoms with van der Waals surface area (Å²) in [6, 6.07) is 13.4. The first-order valence-electron chi connectivity index (χ1n) is 14.0. The van der Waals surface area contributed by atoms with Crippen molar-refractivity contribution in [3.63, 3.8) is 0 Å². The summed E-state index contributed by atoms with van der Waals surface area (Å²) in [6.45, 7) is 7.41. The number of anilines is 1. The highest BCUT2D eigenvalue weighted by molar-refractivity contribution is 5.99. The molecule has 4 amide bonds. The second-order valence-electron chi connectivity index (χ2n) is 10.8. The van der Waals surface area contributed by atoms with Crippen molar-refractivity contribution < 1.29 is 28.7 Å². The van der Waals surface area contributed by atoms with Crippen molar-refractivity contribution >= 4 is 29.5 Å². The van der Waals surface area contributed by atoms with Crippen LogP contribution in [0.15, 0.2) is 54.6 Å². The fraction of sp³-hybridized carbons (Fsp3) is 0.484. The number of benzene rings is 2. The summed E-state index contributed by atoms with van der Waals surface area (Å²) in [5, 5.41) is 5.40. The first-order chi connectivity index (χ1) is 19.4. The number of carbonyl (C=O) groups excluding carboxylic acids is 4. The average Bonchev–Trinajstić information content (AvgIpc) is 2.91. The largest absolute Gasteiger partial charge is 0.497 e. The predicted molar refractivity (Wildman–Crippen MR) is 158 cm³/mol. The molecule has 0 aromatic heterocycles. The second-order valence-corrected chi connectivity index (χ2v) is 10.8. The van der Waals surface area contributed by atoms with E-state index in [0.717, 1.165) is 25.7 Å². The van der Waals surface area contributed by atoms with Crippen molar-refractivity contribution in [3.05, 3.63) is 60.2 Å². The van der Waals surface area contributed by atoms with Gasteiger partial charge in [0.05, 0.1) is 13.5 Å². The highest BCUT2D eigenvalue weighted by atomic mass is 16.6. The molecular formula is C31H44N4O6. The van der Waals surface area contributed by atoms with Crippen LogP contribution in [0.4, 0.5) is 10.5 Å². The molecule has 0 aliphatic heterocycles. The maximum Gasteiger partial charge on any atom is 0.408 e. The van der Waals surface area contributed by atoms with Gasteiger partial charge in [-0.2, -0.15) is 0 Å². The smallest absolute Gasteiger partial charge is 0.408 e. The summed E-state index contributed by atoms with van der Waals surface area (Å²) >= 11 is 0. The molecule has 2 unspecified atom stereocenters. The topological polar surface area (TPSA) is 140 Å². The molecule has 10 heteroatoms. The molecule has 0 saturated heterocycles. The number of nitrogens with two attached hydrogens (primary N) is 1. The number of carbonyl (C=O) groups is 4. The minimum atomic E-state index is -1.32. The van der Waals surface area contributed by atoms with Gasteiger partial charge < -0.3 is 30.7 Å². The molecule has 0 fully saturated rings. The van der Waals surface area contributed by atoms with Gasteiger partial charge in [-0.25, -0.2) is 4.79 Å². The van der Waals surface area contributed by atoms with Gasteiger partial charge in [-0.15, -0.1) is 0 Å². The van der Waals surface area contributed by atoms with E-state index in [4.69, 9.17) is 15.2 Å². The monoisotopic (exact) mass is 568 g/mol. The van der Waals surface area contributed by atoms with E-state index in [2.05, 4.69) is 17.6 Å². The maximum absolute atomic E-state index is 14.1. The first-order valence-corrected chi connectivity index (χ1v) is 14.0. The summed E-state index contributed by atoms with van der Waals surface area (Å²) in [4.78, 5) is 54.0. The van der Waals surface area contributed by atoms with E-state index >= 15 is 0 Å². The van der Waals surface area contributed by atoms with E-state index in [1.54, 1.807) is 76.4 Å². The Hall–Kier alpha value is -4.08. The number of methoxy groups -OCH3 is 1. The average molecular weight is 569 g/mol. The fourth-order valence-corrected chi connectivity index (χ4v) is 4.30. The van der Waals surface area contributed by atoms with Gasteiger partial charge in [-0.3, -0.25) is 14.4 Å². The Balaban J connectivity index is 2.47. The standard InChI is InChI=1S/C31H44N4O6/c1-6-7-8-9-13-20-35(29(38)25(21-26(32)36)34-30(39)41-31(2,3)4)27(22-14-11-10-12-15-22)28(37)33-23-16-18-24(40-5)19-17-23/h10-12,14-19,25,27H,6-9,13,20-21H2,1-5H3,(H2,32,36)(H,33,37)(H,34,39). The van der Waals surface area contributed by atoms with Crippen molar-refractivity contribution in [2.24, 2.45) is 5.73 Å². The van der Waals surface area contributed by atoms with Crippen LogP contribution >= 0.6 is 0 Å². The fourth-order valence-electron chi connectivity index (χ4n) is 4.30. The molecule has 2 aromatic carbocycles. The third kappa shape index (κ3) is 11.5. The lowest BCUT2D eigenvalue weighted by Crippen LogP contribution is -2.53. The summed E-state index contributed by atoms with van der Waals surface area (Å²) in [5.41, 5.74) is 5.75. The summed E-state index contributed by atoms with van der Waals surface area (Å²) in [6.07, 6.45) is 3.25. The van der Waals surface area contributed by atoms with Crippen LogP contribution in [0.2, 0.25) is 0 Å². The molecule has 41 heavy (non-hydrogen) atoms. The third-order valence-electron chi connectivity index (χ3n) is 6.21. The molecule has 0 saturated carbocycles. The number of unbranched alkanes of at least 4 members (excludes halogenated alkanes) is 4. The summed E-state index contributed by atoms with van der Waals surface area (Å²) < 4.78 is 10.5. The van der Waals surface area contributed by atoms with Gasteiger partial charge in [-0.1, -0.05) is 62.9 Å². The van der Waals surface area contributed by atoms with Crippen LogP contribution in [0.1, 0.15) is 77.8 Å². The molecule has 0 aliphatic carbocycles. The molecule has 4 N–H and O–H groups in total. The van der Waals surface area contributed by atoms with Gasteiger partial charge in [0.2, 0.25) is 11.8 Å². The second kappa shape index (κ2) is 16.2. The van der Waals surface area contributed by atoms with Crippen LogP contribution in [0.25, 0.3) is 0 Å². The van der Waals surface area contributed by atoms with E-state index in [9.17, 15) is 19.2 Å². The highest BCUT2D eigenvalue weighted by Crippen LogP contribution is 2.26. The van der Waals surface area contributed by atoms with Crippen LogP contribution < -0.4 is 21.1 Å². The van der Waals surface area contributed by atoms with E-state index in [1.807, 2.05) is 6.07 Å². The van der Waals surface area contributed by atoms with Crippen molar-refractivity contribution in [3.8, 4) is 5.75 Å². The molecular weight excluding hydrogens is 524 g/mol. The van der Waals surface area contributed by atoms with Gasteiger partial charge in [0.25, 0.3) is 5.91 Å². The zero-order valence-electron chi connectivity index (χ0n) is 24.8. The zero-order chi connectivity index (χ0) is 30.4. The molecule has 0 spiro atoms. The Bertz CT molecular complexity index is 1130. The Morgan fingerprint density at radius 3 is 2.12 bits per heavy atom. The molecule has 2 atom stereocenters. The van der Waals surface area contributed by atoms with Gasteiger partial charge in [-0.05, 0) is 57.0 Å². The lowest BCUT2D eigenvalue weighted by Gasteiger charge is -2.34. The Morgan fingerprint density at radius 2 is 1.56 bits per heavy atom. The van der Waals surface area contributed by atoms with Crippen LogP contribution in [-0.4, -0.2) is 54.0 Å². The first kappa shape index (κ1) is 33.1. The third-order valence-corrected chi connectivity index (χ3v) is 6.21. The number of hydrogen-bond donors (Lipinski definition) is 3. The minimum Gasteiger partial charge on any atom is -0.497 e. The zero-order valence-corrected chi connectivity index (χ0v) is 24.8. The molecule has 2 rings (SSSR count). The number of hydrogen-bond acceptors (Lipinski definition) is 6. The highest BCUT2D eigenvalue weighted by Gasteiger charge is 2.36. The lowest BCUT2D eigenvalue weighted by atomic mass is 10.0. The Kier molecular flexibility index (Phi) is 13.1. The van der Waals surface area contributed by atoms with E-state index in [0.29, 0.717) is 23.4 Å². The van der Waals surface area contributed by atoms with Crippen LogP contribution in [-0.2, 0) is 19.1 Å². The maximum atomic E-state index is 14.1. The number of primary amides is 1. The van der Waals surface area contributed by atoms with E-state index in [-0.39, 0.29) is 6.54 Å². The minimum absolute atomic E-state index is 0.226. The summed E-state index contributed by atoms with van der Waals surface area (Å²) in [7, 11) is 1.55. The number of nitrogens with one attached hydrogen (secondary N) is 2. The quantitative estimate of drug-likeness (QED) is 0.260. The molecule has 0 radical (unpaired) electrons. The Morgan fingerprint density at radius 1 is 0.927 bits per heavy atom. The number of ether oxygens (including phenoxy) is 2. The van der Waals surface area contributed by atoms with Crippen LogP contribution in [0.5, 0.6) is 5.75 Å². The van der Waals surface area contributed by atoms with Crippen LogP contribution in [0, 0.1) is 0 Å². The van der Waals surface area contributed by atoms with Crippen molar-refractivity contribution in [1.82, 2.24) is 10.2 Å². The molecule has 0 aliphatic rings. The van der Waals surface area contributed by atoms with E-state index in [1.165, 1.54) is 4.90 Å². The molecule has 10 nitrogen and oxygen atoms in total. The van der Waals surface area contributed by atoms with Gasteiger partial charge in [0.15, 0.2) is 0 Å². The van der Waals surface area contributed by atoms with Crippen molar-refractivity contribution in [2.45, 2.75) is 83.9 Å². The number of rotatable bonds is 15. The predicted octanol–water partition coefficient (Wildman–Crippen LogP) is 4.94. The molecule has 2 aromatic rings. The lowest BCUT2D eigenvalue weighted by molar-refractivity contribution is -0.142. The van der Waals surface area contributed by atoms with Crippen LogP contribution in [0.3, 0.4) is 0 Å². The number of amides is 4. The number of nitrogens with zero attached hydrogens (tertiary/aromatic N) is 1. The molecule has 0 bridgehead atoms. The normalized spacial score (nSPS) is 12.5. The Labute approximate surface area is 242 Å². The SMILES string of the molecule is CCCCCCCN(C(=O)C(CC(N)=O)NC(=O)OC(C)(C)C)C(C(=O)Nc1ccc(OC)cc1)c1ccccc1. The van der Waals surface area contributed by atoms with Crippen molar-refractivity contribution in [2.75, 3.05) is 19.0 Å². The van der Waals surface area contributed by atoms with Gasteiger partial charge in [0, 0.05) is 12.2 Å². The van der Waals surface area contributed by atoms with Crippen molar-refractivity contribution in [1.29, 1.82) is 0 Å². The van der Waals surface area contributed by atoms with E-state index < -0.39 is 47.9 Å². The molecule has 224 valence electrons. The van der Waals surface area contributed by atoms with Gasteiger partial charge in [0.1, 0.15) is 23.4 Å². The molecule has 0 heterocycles.